The van der Waals surface area contributed by atoms with E-state index in [1.807, 2.05) is 0 Å². The summed E-state index contributed by atoms with van der Waals surface area (Å²) in [5.41, 5.74) is 0.708. The van der Waals surface area contributed by atoms with Crippen molar-refractivity contribution in [3.8, 4) is 11.5 Å². The van der Waals surface area contributed by atoms with Gasteiger partial charge >= 0.3 is 5.97 Å². The summed E-state index contributed by atoms with van der Waals surface area (Å²) in [6.45, 7) is -0.303. The minimum atomic E-state index is -0.492. The first-order chi connectivity index (χ1) is 11.0. The third-order valence-corrected chi connectivity index (χ3v) is 4.28. The van der Waals surface area contributed by atoms with Gasteiger partial charge in [-0.15, -0.1) is 11.3 Å². The van der Waals surface area contributed by atoms with Crippen LogP contribution in [0.4, 0.5) is 0 Å². The topological polar surface area (TPSA) is 61.8 Å². The van der Waals surface area contributed by atoms with Gasteiger partial charge in [-0.05, 0) is 29.8 Å². The Balaban J connectivity index is 1.91. The van der Waals surface area contributed by atoms with Crippen molar-refractivity contribution in [3.63, 3.8) is 0 Å². The second-order valence-corrected chi connectivity index (χ2v) is 6.27. The Morgan fingerprint density at radius 1 is 1.09 bits per heavy atom. The van der Waals surface area contributed by atoms with Crippen molar-refractivity contribution >= 4 is 34.7 Å². The van der Waals surface area contributed by atoms with Crippen LogP contribution >= 0.6 is 22.9 Å². The average Bonchev–Trinajstić information content (AvgIpc) is 2.99. The lowest BCUT2D eigenvalue weighted by molar-refractivity contribution is -0.141. The van der Waals surface area contributed by atoms with Gasteiger partial charge in [-0.2, -0.15) is 0 Å². The summed E-state index contributed by atoms with van der Waals surface area (Å²) in [7, 11) is 3.05. The number of Topliss-reactive ketones (excluding diaryl/α,β-unsaturated/α-hetero) is 1. The molecule has 0 radical (unpaired) electrons. The van der Waals surface area contributed by atoms with Crippen LogP contribution in [0.3, 0.4) is 0 Å². The fourth-order valence-corrected chi connectivity index (χ4v) is 2.86. The van der Waals surface area contributed by atoms with Crippen molar-refractivity contribution in [2.24, 2.45) is 0 Å². The van der Waals surface area contributed by atoms with E-state index in [9.17, 15) is 9.59 Å². The van der Waals surface area contributed by atoms with E-state index in [1.165, 1.54) is 14.2 Å². The maximum absolute atomic E-state index is 11.8. The summed E-state index contributed by atoms with van der Waals surface area (Å²) in [5.74, 6) is 0.340. The maximum atomic E-state index is 11.8. The zero-order chi connectivity index (χ0) is 16.8. The van der Waals surface area contributed by atoms with Crippen LogP contribution in [0.2, 0.25) is 4.34 Å². The molecule has 0 unspecified atom stereocenters. The predicted octanol–water partition coefficient (Wildman–Crippen LogP) is 3.39. The fraction of sp³-hybridized carbons (Fsp3) is 0.250. The van der Waals surface area contributed by atoms with Crippen LogP contribution in [0.5, 0.6) is 11.5 Å². The molecule has 2 rings (SSSR count). The summed E-state index contributed by atoms with van der Waals surface area (Å²) < 4.78 is 15.8. The molecule has 0 N–H and O–H groups in total. The summed E-state index contributed by atoms with van der Waals surface area (Å²) in [5, 5.41) is 0. The summed E-state index contributed by atoms with van der Waals surface area (Å²) in [6, 6.07) is 8.38. The van der Waals surface area contributed by atoms with Crippen LogP contribution in [-0.2, 0) is 16.0 Å². The van der Waals surface area contributed by atoms with E-state index in [0.29, 0.717) is 26.3 Å². The van der Waals surface area contributed by atoms with Gasteiger partial charge in [-0.25, -0.2) is 0 Å². The molecular weight excluding hydrogens is 340 g/mol. The van der Waals surface area contributed by atoms with Crippen molar-refractivity contribution in [3.05, 3.63) is 45.1 Å². The number of methoxy groups -OCH3 is 2. The first-order valence-corrected chi connectivity index (χ1v) is 7.88. The molecule has 0 spiro atoms. The van der Waals surface area contributed by atoms with Gasteiger partial charge in [0.05, 0.1) is 29.9 Å². The lowest BCUT2D eigenvalue weighted by atomic mass is 10.1. The van der Waals surface area contributed by atoms with Crippen molar-refractivity contribution in [1.29, 1.82) is 0 Å². The molecule has 2 aromatic rings. The van der Waals surface area contributed by atoms with E-state index in [-0.39, 0.29) is 18.8 Å². The normalized spacial score (nSPS) is 10.2. The van der Waals surface area contributed by atoms with Gasteiger partial charge in [0.2, 0.25) is 5.78 Å². The minimum Gasteiger partial charge on any atom is -0.493 e. The Bertz CT molecular complexity index is 710. The molecule has 0 saturated carbocycles. The zero-order valence-corrected chi connectivity index (χ0v) is 14.2. The van der Waals surface area contributed by atoms with Gasteiger partial charge in [-0.1, -0.05) is 17.7 Å². The number of hydrogen-bond donors (Lipinski definition) is 0. The standard InChI is InChI=1S/C16H15ClO5S/c1-20-12-4-3-10(7-13(12)21-2)8-16(19)22-9-11(18)14-5-6-15(17)23-14/h3-7H,8-9H2,1-2H3. The molecule has 0 saturated heterocycles. The second-order valence-electron chi connectivity index (χ2n) is 4.55. The number of ketones is 1. The number of benzene rings is 1. The number of hydrogen-bond acceptors (Lipinski definition) is 6. The second kappa shape index (κ2) is 7.99. The molecular formula is C16H15ClO5S. The van der Waals surface area contributed by atoms with Crippen LogP contribution in [-0.4, -0.2) is 32.6 Å². The number of carbonyl (C=O) groups excluding carboxylic acids is 2. The van der Waals surface area contributed by atoms with Gasteiger partial charge in [-0.3, -0.25) is 9.59 Å². The Kier molecular flexibility index (Phi) is 6.01. The van der Waals surface area contributed by atoms with Gasteiger partial charge < -0.3 is 14.2 Å². The Morgan fingerprint density at radius 3 is 2.43 bits per heavy atom. The average molecular weight is 355 g/mol. The quantitative estimate of drug-likeness (QED) is 0.563. The van der Waals surface area contributed by atoms with Gasteiger partial charge in [0.25, 0.3) is 0 Å². The molecule has 0 bridgehead atoms. The lowest BCUT2D eigenvalue weighted by Gasteiger charge is -2.09. The molecule has 1 aromatic heterocycles. The molecule has 5 nitrogen and oxygen atoms in total. The third-order valence-electron chi connectivity index (χ3n) is 3.01. The highest BCUT2D eigenvalue weighted by atomic mass is 35.5. The van der Waals surface area contributed by atoms with Crippen LogP contribution in [0.25, 0.3) is 0 Å². The highest BCUT2D eigenvalue weighted by Crippen LogP contribution is 2.27. The minimum absolute atomic E-state index is 0.0405. The van der Waals surface area contributed by atoms with E-state index >= 15 is 0 Å². The number of thiophene rings is 1. The lowest BCUT2D eigenvalue weighted by Crippen LogP contribution is -2.15. The van der Waals surface area contributed by atoms with E-state index in [1.54, 1.807) is 30.3 Å². The number of halogens is 1. The Hall–Kier alpha value is -2.05. The zero-order valence-electron chi connectivity index (χ0n) is 12.6. The number of ether oxygens (including phenoxy) is 3. The molecule has 122 valence electrons. The van der Waals surface area contributed by atoms with E-state index in [0.717, 1.165) is 11.3 Å². The highest BCUT2D eigenvalue weighted by molar-refractivity contribution is 7.18. The van der Waals surface area contributed by atoms with E-state index in [4.69, 9.17) is 25.8 Å². The number of rotatable bonds is 7. The first-order valence-electron chi connectivity index (χ1n) is 6.68. The first kappa shape index (κ1) is 17.3. The predicted molar refractivity (Wildman–Crippen MR) is 87.9 cm³/mol. The van der Waals surface area contributed by atoms with E-state index in [2.05, 4.69) is 0 Å². The SMILES string of the molecule is COc1ccc(CC(=O)OCC(=O)c2ccc(Cl)s2)cc1OC. The molecule has 0 aliphatic heterocycles. The summed E-state index contributed by atoms with van der Waals surface area (Å²) in [6.07, 6.45) is 0.0405. The van der Waals surface area contributed by atoms with Crippen molar-refractivity contribution in [1.82, 2.24) is 0 Å². The number of carbonyl (C=O) groups is 2. The molecule has 0 amide bonds. The monoisotopic (exact) mass is 354 g/mol. The molecule has 1 aromatic carbocycles. The molecule has 0 fully saturated rings. The van der Waals surface area contributed by atoms with Gasteiger partial charge in [0.15, 0.2) is 18.1 Å². The molecule has 7 heteroatoms. The van der Waals surface area contributed by atoms with Crippen LogP contribution < -0.4 is 9.47 Å². The highest BCUT2D eigenvalue weighted by Gasteiger charge is 2.13. The summed E-state index contributed by atoms with van der Waals surface area (Å²) in [4.78, 5) is 24.1. The van der Waals surface area contributed by atoms with Crippen molar-refractivity contribution < 1.29 is 23.8 Å². The van der Waals surface area contributed by atoms with E-state index < -0.39 is 5.97 Å². The van der Waals surface area contributed by atoms with Gasteiger partial charge in [0, 0.05) is 0 Å². The van der Waals surface area contributed by atoms with Crippen LogP contribution in [0, 0.1) is 0 Å². The molecule has 0 atom stereocenters. The van der Waals surface area contributed by atoms with Crippen molar-refractivity contribution in [2.45, 2.75) is 6.42 Å². The van der Waals surface area contributed by atoms with Crippen LogP contribution in [0.1, 0.15) is 15.2 Å². The number of esters is 1. The Morgan fingerprint density at radius 2 is 1.83 bits per heavy atom. The largest absolute Gasteiger partial charge is 0.493 e. The molecule has 1 heterocycles. The smallest absolute Gasteiger partial charge is 0.310 e. The Labute approximate surface area is 142 Å². The maximum Gasteiger partial charge on any atom is 0.310 e. The fourth-order valence-electron chi connectivity index (χ4n) is 1.89. The van der Waals surface area contributed by atoms with Gasteiger partial charge in [0.1, 0.15) is 0 Å². The summed E-state index contributed by atoms with van der Waals surface area (Å²) >= 11 is 6.92. The third kappa shape index (κ3) is 4.71. The molecule has 0 aliphatic rings. The van der Waals surface area contributed by atoms with Crippen LogP contribution in [0.15, 0.2) is 30.3 Å². The van der Waals surface area contributed by atoms with Crippen molar-refractivity contribution in [2.75, 3.05) is 20.8 Å². The molecule has 23 heavy (non-hydrogen) atoms. The molecule has 0 aliphatic carbocycles.